The van der Waals surface area contributed by atoms with Crippen molar-refractivity contribution in [3.63, 3.8) is 0 Å². The largest absolute Gasteiger partial charge is 0.507 e. The summed E-state index contributed by atoms with van der Waals surface area (Å²) in [5, 5.41) is 24.4. The van der Waals surface area contributed by atoms with E-state index in [-0.39, 0.29) is 11.4 Å². The number of ketones is 2. The smallest absolute Gasteiger partial charge is 0.258 e. The Morgan fingerprint density at radius 3 is 1.16 bits per heavy atom. The van der Waals surface area contributed by atoms with Crippen molar-refractivity contribution < 1.29 is 60.5 Å². The number of nitrogens with one attached hydrogen (secondary N) is 2. The van der Waals surface area contributed by atoms with Gasteiger partial charge in [0, 0.05) is 0 Å². The van der Waals surface area contributed by atoms with E-state index in [1.165, 1.54) is 0 Å². The zero-order valence-electron chi connectivity index (χ0n) is 25.1. The van der Waals surface area contributed by atoms with E-state index in [1.54, 1.807) is 0 Å². The number of benzene rings is 5. The molecule has 0 fully saturated rings. The Morgan fingerprint density at radius 1 is 0.490 bits per heavy atom. The molecule has 4 N–H and O–H groups in total. The van der Waals surface area contributed by atoms with Crippen molar-refractivity contribution in [2.75, 3.05) is 10.6 Å². The van der Waals surface area contributed by atoms with Crippen LogP contribution < -0.4 is 10.6 Å². The fourth-order valence-corrected chi connectivity index (χ4v) is 5.09. The fraction of sp³-hybridized carbons (Fsp3) is 0. The Morgan fingerprint density at radius 2 is 0.824 bits per heavy atom. The molecule has 51 heavy (non-hydrogen) atoms. The standard InChI is InChI=1S/C28H14F4N2O6.C7H3ClF2O/c29-11-1-3-15(31)13(9-11)27(39)33-17-5-7-19(35)23-21(17)25(37)24-20(36)8-6-18(22(24)26(23)38)34-28(40)14-10-12(30)2-4-16(14)32;8-7(11)5-3-4(9)1-2-6(5)10/h1-10,35-36H,(H,33,39)(H,34,40);1-3H. The summed E-state index contributed by atoms with van der Waals surface area (Å²) >= 11 is 4.93. The number of carbonyl (C=O) groups is 5. The number of amides is 2. The Hall–Kier alpha value is -6.48. The van der Waals surface area contributed by atoms with Crippen LogP contribution in [0, 0.1) is 34.9 Å². The molecule has 0 bridgehead atoms. The first-order valence-electron chi connectivity index (χ1n) is 14.1. The van der Waals surface area contributed by atoms with Crippen molar-refractivity contribution in [1.82, 2.24) is 0 Å². The molecule has 0 unspecified atom stereocenters. The molecule has 0 saturated carbocycles. The van der Waals surface area contributed by atoms with Crippen LogP contribution in [0.5, 0.6) is 11.5 Å². The Bertz CT molecular complexity index is 2200. The van der Waals surface area contributed by atoms with Gasteiger partial charge in [-0.3, -0.25) is 24.0 Å². The number of phenolic OH excluding ortho intramolecular Hbond substituents is 2. The molecule has 0 aromatic heterocycles. The minimum absolute atomic E-state index is 0.374. The number of aromatic hydroxyl groups is 2. The number of hydrogen-bond donors (Lipinski definition) is 4. The highest BCUT2D eigenvalue weighted by atomic mass is 35.5. The maximum Gasteiger partial charge on any atom is 0.258 e. The van der Waals surface area contributed by atoms with Crippen molar-refractivity contribution in [3.05, 3.63) is 153 Å². The molecule has 9 nitrogen and oxygen atoms in total. The van der Waals surface area contributed by atoms with Crippen LogP contribution in [0.4, 0.5) is 37.7 Å². The van der Waals surface area contributed by atoms with Gasteiger partial charge in [0.1, 0.15) is 46.4 Å². The monoisotopic (exact) mass is 726 g/mol. The summed E-state index contributed by atoms with van der Waals surface area (Å²) in [4.78, 5) is 62.9. The molecule has 1 aliphatic rings. The minimum Gasteiger partial charge on any atom is -0.507 e. The number of halogens is 7. The summed E-state index contributed by atoms with van der Waals surface area (Å²) in [6.45, 7) is 0. The molecule has 1 aliphatic carbocycles. The van der Waals surface area contributed by atoms with E-state index in [0.717, 1.165) is 54.6 Å². The van der Waals surface area contributed by atoms with Crippen molar-refractivity contribution in [1.29, 1.82) is 0 Å². The normalized spacial score (nSPS) is 11.5. The molecule has 5 aromatic rings. The highest BCUT2D eigenvalue weighted by Crippen LogP contribution is 2.42. The fourth-order valence-electron chi connectivity index (χ4n) is 4.94. The third-order valence-corrected chi connectivity index (χ3v) is 7.46. The molecule has 5 aromatic carbocycles. The second kappa shape index (κ2) is 14.2. The quantitative estimate of drug-likeness (QED) is 0.0829. The maximum atomic E-state index is 14.1. The summed E-state index contributed by atoms with van der Waals surface area (Å²) in [5.41, 5.74) is -5.02. The summed E-state index contributed by atoms with van der Waals surface area (Å²) in [7, 11) is 0. The van der Waals surface area contributed by atoms with E-state index in [9.17, 15) is 60.5 Å². The van der Waals surface area contributed by atoms with Crippen LogP contribution in [0.1, 0.15) is 62.9 Å². The molecular weight excluding hydrogens is 710 g/mol. The topological polar surface area (TPSA) is 150 Å². The average Bonchev–Trinajstić information content (AvgIpc) is 3.08. The van der Waals surface area contributed by atoms with Gasteiger partial charge >= 0.3 is 0 Å². The lowest BCUT2D eigenvalue weighted by Gasteiger charge is -2.24. The predicted molar refractivity (Wildman–Crippen MR) is 168 cm³/mol. The summed E-state index contributed by atoms with van der Waals surface area (Å²) in [6, 6.07) is 10.7. The Kier molecular flexibility index (Phi) is 9.95. The molecule has 16 heteroatoms. The number of phenols is 2. The van der Waals surface area contributed by atoms with Gasteiger partial charge in [-0.15, -0.1) is 0 Å². The average molecular weight is 727 g/mol. The number of hydrogen-bond acceptors (Lipinski definition) is 7. The van der Waals surface area contributed by atoms with E-state index in [1.807, 2.05) is 0 Å². The number of anilines is 2. The second-order valence-electron chi connectivity index (χ2n) is 10.5. The number of fused-ring (bicyclic) bond motifs is 2. The third-order valence-electron chi connectivity index (χ3n) is 7.26. The van der Waals surface area contributed by atoms with Crippen molar-refractivity contribution in [2.45, 2.75) is 0 Å². The molecule has 258 valence electrons. The van der Waals surface area contributed by atoms with Crippen LogP contribution in [-0.4, -0.2) is 38.8 Å². The lowest BCUT2D eigenvalue weighted by Crippen LogP contribution is -2.26. The van der Waals surface area contributed by atoms with E-state index in [2.05, 4.69) is 10.6 Å². The zero-order valence-corrected chi connectivity index (χ0v) is 25.8. The van der Waals surface area contributed by atoms with Crippen LogP contribution in [0.3, 0.4) is 0 Å². The molecule has 0 heterocycles. The lowest BCUT2D eigenvalue weighted by molar-refractivity contribution is 0.0972. The van der Waals surface area contributed by atoms with E-state index in [0.29, 0.717) is 24.3 Å². The molecule has 0 saturated heterocycles. The summed E-state index contributed by atoms with van der Waals surface area (Å²) < 4.78 is 80.3. The molecular formula is C35H17ClF6N2O7. The zero-order chi connectivity index (χ0) is 37.3. The predicted octanol–water partition coefficient (Wildman–Crippen LogP) is 7.28. The van der Waals surface area contributed by atoms with Crippen LogP contribution in [-0.2, 0) is 0 Å². The van der Waals surface area contributed by atoms with Crippen LogP contribution in [0.25, 0.3) is 0 Å². The summed E-state index contributed by atoms with van der Waals surface area (Å²) in [6.07, 6.45) is 0. The molecule has 0 aliphatic heterocycles. The highest BCUT2D eigenvalue weighted by molar-refractivity contribution is 6.67. The lowest BCUT2D eigenvalue weighted by atomic mass is 9.81. The van der Waals surface area contributed by atoms with Gasteiger partial charge < -0.3 is 20.8 Å². The summed E-state index contributed by atoms with van der Waals surface area (Å²) in [5.74, 6) is -11.5. The minimum atomic E-state index is -1.18. The van der Waals surface area contributed by atoms with E-state index in [4.69, 9.17) is 11.6 Å². The van der Waals surface area contributed by atoms with Gasteiger partial charge in [-0.1, -0.05) is 0 Å². The van der Waals surface area contributed by atoms with Crippen molar-refractivity contribution in [3.8, 4) is 11.5 Å². The van der Waals surface area contributed by atoms with E-state index < -0.39 is 114 Å². The van der Waals surface area contributed by atoms with Gasteiger partial charge in [-0.25, -0.2) is 26.3 Å². The van der Waals surface area contributed by atoms with E-state index >= 15 is 0 Å². The molecule has 2 amide bonds. The van der Waals surface area contributed by atoms with Crippen molar-refractivity contribution >= 4 is 51.6 Å². The van der Waals surface area contributed by atoms with Gasteiger partial charge in [0.05, 0.1) is 50.3 Å². The Labute approximate surface area is 286 Å². The first kappa shape index (κ1) is 35.8. The molecule has 0 atom stereocenters. The van der Waals surface area contributed by atoms with Crippen LogP contribution >= 0.6 is 11.6 Å². The van der Waals surface area contributed by atoms with Crippen LogP contribution in [0.2, 0.25) is 0 Å². The third kappa shape index (κ3) is 7.14. The van der Waals surface area contributed by atoms with Gasteiger partial charge in [-0.05, 0) is 90.5 Å². The molecule has 0 radical (unpaired) electrons. The SMILES string of the molecule is O=C(Cl)c1cc(F)ccc1F.O=C(Nc1ccc(O)c2c1C(=O)c1c(O)ccc(NC(=O)c3cc(F)ccc3F)c1C2=O)c1cc(F)ccc1F. The Balaban J connectivity index is 0.000000392. The van der Waals surface area contributed by atoms with Gasteiger partial charge in [0.25, 0.3) is 17.1 Å². The van der Waals surface area contributed by atoms with Gasteiger partial charge in [0.15, 0.2) is 0 Å². The molecule has 0 spiro atoms. The van der Waals surface area contributed by atoms with Gasteiger partial charge in [0.2, 0.25) is 11.6 Å². The first-order chi connectivity index (χ1) is 24.1. The number of rotatable bonds is 5. The first-order valence-corrected chi connectivity index (χ1v) is 14.5. The van der Waals surface area contributed by atoms with Crippen molar-refractivity contribution in [2.24, 2.45) is 0 Å². The second-order valence-corrected chi connectivity index (χ2v) is 10.8. The maximum absolute atomic E-state index is 14.1. The molecule has 6 rings (SSSR count). The van der Waals surface area contributed by atoms with Crippen LogP contribution in [0.15, 0.2) is 78.9 Å². The van der Waals surface area contributed by atoms with Gasteiger partial charge in [-0.2, -0.15) is 0 Å². The highest BCUT2D eigenvalue weighted by Gasteiger charge is 2.39. The number of carbonyl (C=O) groups excluding carboxylic acids is 5.